The number of anilines is 1. The molecule has 0 aromatic heterocycles. The van der Waals surface area contributed by atoms with E-state index in [-0.39, 0.29) is 0 Å². The van der Waals surface area contributed by atoms with Crippen molar-refractivity contribution in [3.8, 4) is 0 Å². The molecule has 0 spiro atoms. The Morgan fingerprint density at radius 2 is 2.17 bits per heavy atom. The van der Waals surface area contributed by atoms with Gasteiger partial charge in [0.05, 0.1) is 10.7 Å². The number of nitrogen functional groups attached to an aromatic ring is 1. The van der Waals surface area contributed by atoms with Gasteiger partial charge in [0.2, 0.25) is 0 Å². The summed E-state index contributed by atoms with van der Waals surface area (Å²) in [6.45, 7) is 0. The standard InChI is InChI=1S/C7H7BrClNOS/c1-12(11)7-3-6(10)4(8)2-5(7)9/h2-3H,10H2,1H3. The molecule has 1 unspecified atom stereocenters. The zero-order valence-corrected chi connectivity index (χ0v) is 9.46. The fourth-order valence-electron chi connectivity index (χ4n) is 0.765. The van der Waals surface area contributed by atoms with Crippen molar-refractivity contribution in [2.45, 2.75) is 4.90 Å². The first-order valence-corrected chi connectivity index (χ1v) is 5.83. The Morgan fingerprint density at radius 1 is 1.58 bits per heavy atom. The van der Waals surface area contributed by atoms with Crippen LogP contribution in [0.5, 0.6) is 0 Å². The number of benzene rings is 1. The van der Waals surface area contributed by atoms with Crippen LogP contribution in [0, 0.1) is 0 Å². The Hall–Kier alpha value is 0.1000. The van der Waals surface area contributed by atoms with Crippen LogP contribution in [0.2, 0.25) is 5.02 Å². The van der Waals surface area contributed by atoms with Crippen molar-refractivity contribution in [2.75, 3.05) is 12.0 Å². The van der Waals surface area contributed by atoms with Gasteiger partial charge in [-0.2, -0.15) is 0 Å². The van der Waals surface area contributed by atoms with E-state index in [9.17, 15) is 4.55 Å². The van der Waals surface area contributed by atoms with Crippen molar-refractivity contribution < 1.29 is 4.55 Å². The summed E-state index contributed by atoms with van der Waals surface area (Å²) in [6, 6.07) is 3.26. The highest BCUT2D eigenvalue weighted by Crippen LogP contribution is 2.30. The molecule has 0 fully saturated rings. The fourth-order valence-corrected chi connectivity index (χ4v) is 2.36. The second-order valence-corrected chi connectivity index (χ2v) is 4.87. The molecule has 5 heteroatoms. The lowest BCUT2D eigenvalue weighted by Crippen LogP contribution is -2.00. The summed E-state index contributed by atoms with van der Waals surface area (Å²) in [5, 5.41) is 0.469. The minimum absolute atomic E-state index is 0.469. The van der Waals surface area contributed by atoms with Gasteiger partial charge >= 0.3 is 0 Å². The van der Waals surface area contributed by atoms with Gasteiger partial charge in [0.15, 0.2) is 4.90 Å². The molecule has 12 heavy (non-hydrogen) atoms. The Balaban J connectivity index is 3.23. The Labute approximate surface area is 87.4 Å². The lowest BCUT2D eigenvalue weighted by atomic mass is 10.3. The van der Waals surface area contributed by atoms with E-state index in [1.807, 2.05) is 0 Å². The third-order valence-corrected chi connectivity index (χ3v) is 3.43. The number of rotatable bonds is 1. The molecule has 2 nitrogen and oxygen atoms in total. The zero-order chi connectivity index (χ0) is 9.30. The predicted molar refractivity (Wildman–Crippen MR) is 55.9 cm³/mol. The average molecular weight is 269 g/mol. The van der Waals surface area contributed by atoms with Crippen LogP contribution in [0.1, 0.15) is 0 Å². The van der Waals surface area contributed by atoms with Crippen molar-refractivity contribution in [1.82, 2.24) is 0 Å². The smallest absolute Gasteiger partial charge is 0.173 e. The van der Waals surface area contributed by atoms with Gasteiger partial charge < -0.3 is 10.3 Å². The van der Waals surface area contributed by atoms with Crippen LogP contribution < -0.4 is 5.73 Å². The van der Waals surface area contributed by atoms with E-state index in [0.29, 0.717) is 15.6 Å². The molecular formula is C7H7BrClNOS. The second-order valence-electron chi connectivity index (χ2n) is 2.26. The van der Waals surface area contributed by atoms with E-state index in [2.05, 4.69) is 15.9 Å². The van der Waals surface area contributed by atoms with Crippen molar-refractivity contribution in [1.29, 1.82) is 0 Å². The molecule has 0 radical (unpaired) electrons. The molecule has 0 saturated heterocycles. The van der Waals surface area contributed by atoms with E-state index in [0.717, 1.165) is 4.47 Å². The number of nitrogens with two attached hydrogens (primary N) is 1. The lowest BCUT2D eigenvalue weighted by molar-refractivity contribution is 0.601. The van der Waals surface area contributed by atoms with Crippen LogP contribution >= 0.6 is 27.5 Å². The summed E-state index contributed by atoms with van der Waals surface area (Å²) in [6.07, 6.45) is 1.56. The van der Waals surface area contributed by atoms with Gasteiger partial charge in [0, 0.05) is 10.5 Å². The van der Waals surface area contributed by atoms with Crippen LogP contribution in [0.4, 0.5) is 5.69 Å². The molecule has 0 saturated carbocycles. The van der Waals surface area contributed by atoms with E-state index < -0.39 is 11.2 Å². The maximum Gasteiger partial charge on any atom is 0.173 e. The highest BCUT2D eigenvalue weighted by molar-refractivity contribution is 9.10. The molecule has 1 aromatic carbocycles. The minimum Gasteiger partial charge on any atom is -0.612 e. The summed E-state index contributed by atoms with van der Waals surface area (Å²) in [4.78, 5) is 0.567. The third kappa shape index (κ3) is 2.07. The van der Waals surface area contributed by atoms with Gasteiger partial charge in [-0.25, -0.2) is 0 Å². The lowest BCUT2D eigenvalue weighted by Gasteiger charge is -2.07. The topological polar surface area (TPSA) is 49.1 Å². The van der Waals surface area contributed by atoms with Gasteiger partial charge in [0.1, 0.15) is 6.26 Å². The summed E-state index contributed by atoms with van der Waals surface area (Å²) in [5.74, 6) is 0. The quantitative estimate of drug-likeness (QED) is 0.628. The number of hydrogen-bond acceptors (Lipinski definition) is 2. The maximum absolute atomic E-state index is 11.1. The first-order valence-electron chi connectivity index (χ1n) is 3.10. The molecular weight excluding hydrogens is 262 g/mol. The van der Waals surface area contributed by atoms with E-state index in [1.165, 1.54) is 0 Å². The Bertz CT molecular complexity index is 306. The van der Waals surface area contributed by atoms with Crippen molar-refractivity contribution in [3.63, 3.8) is 0 Å². The first kappa shape index (κ1) is 10.2. The van der Waals surface area contributed by atoms with Crippen LogP contribution in [0.15, 0.2) is 21.5 Å². The number of hydrogen-bond donors (Lipinski definition) is 1. The Morgan fingerprint density at radius 3 is 2.67 bits per heavy atom. The second kappa shape index (κ2) is 3.87. The zero-order valence-electron chi connectivity index (χ0n) is 6.30. The molecule has 0 aliphatic carbocycles. The SMILES string of the molecule is C[S+]([O-])c1cc(N)c(Br)cc1Cl. The summed E-state index contributed by atoms with van der Waals surface area (Å²) in [7, 11) is 0. The van der Waals surface area contributed by atoms with E-state index in [1.54, 1.807) is 18.4 Å². The predicted octanol–water partition coefficient (Wildman–Crippen LogP) is 2.42. The monoisotopic (exact) mass is 267 g/mol. The van der Waals surface area contributed by atoms with E-state index >= 15 is 0 Å². The van der Waals surface area contributed by atoms with Crippen molar-refractivity contribution in [2.24, 2.45) is 0 Å². The van der Waals surface area contributed by atoms with E-state index in [4.69, 9.17) is 17.3 Å². The summed E-state index contributed by atoms with van der Waals surface area (Å²) >= 11 is 7.95. The molecule has 0 bridgehead atoms. The van der Waals surface area contributed by atoms with Crippen molar-refractivity contribution >= 4 is 44.4 Å². The molecule has 0 heterocycles. The minimum atomic E-state index is -1.09. The fraction of sp³-hybridized carbons (Fsp3) is 0.143. The van der Waals surface area contributed by atoms with Gasteiger partial charge in [-0.05, 0) is 33.2 Å². The molecule has 1 rings (SSSR count). The number of halogens is 2. The van der Waals surface area contributed by atoms with Gasteiger partial charge in [-0.15, -0.1) is 0 Å². The highest BCUT2D eigenvalue weighted by atomic mass is 79.9. The van der Waals surface area contributed by atoms with Gasteiger partial charge in [-0.1, -0.05) is 11.6 Å². The molecule has 66 valence electrons. The molecule has 0 amide bonds. The molecule has 0 aliphatic heterocycles. The van der Waals surface area contributed by atoms with Gasteiger partial charge in [0.25, 0.3) is 0 Å². The largest absolute Gasteiger partial charge is 0.612 e. The average Bonchev–Trinajstić information content (AvgIpc) is 1.96. The third-order valence-electron chi connectivity index (χ3n) is 1.36. The first-order chi connectivity index (χ1) is 5.52. The molecule has 1 aromatic rings. The normalized spacial score (nSPS) is 13.0. The summed E-state index contributed by atoms with van der Waals surface area (Å²) < 4.78 is 11.8. The van der Waals surface area contributed by atoms with Crippen LogP contribution in [0.25, 0.3) is 0 Å². The van der Waals surface area contributed by atoms with Crippen LogP contribution in [-0.2, 0) is 11.2 Å². The molecule has 0 aliphatic rings. The maximum atomic E-state index is 11.1. The Kier molecular flexibility index (Phi) is 3.29. The molecule has 1 atom stereocenters. The highest BCUT2D eigenvalue weighted by Gasteiger charge is 2.12. The summed E-state index contributed by atoms with van der Waals surface area (Å²) in [5.41, 5.74) is 6.13. The van der Waals surface area contributed by atoms with Crippen LogP contribution in [-0.4, -0.2) is 10.8 Å². The molecule has 2 N–H and O–H groups in total. The van der Waals surface area contributed by atoms with Crippen LogP contribution in [0.3, 0.4) is 0 Å². The van der Waals surface area contributed by atoms with Gasteiger partial charge in [-0.3, -0.25) is 0 Å². The van der Waals surface area contributed by atoms with Crippen molar-refractivity contribution in [3.05, 3.63) is 21.6 Å².